The standard InChI is InChI=1S/C11H22N2O2/c1-11(2,15)5-6-12-9-10(14)13-7-3-4-8-13/h12,15H,3-9H2,1-2H3. The first-order chi connectivity index (χ1) is 6.99. The molecule has 4 nitrogen and oxygen atoms in total. The Labute approximate surface area is 91.6 Å². The fourth-order valence-electron chi connectivity index (χ4n) is 1.67. The van der Waals surface area contributed by atoms with E-state index in [1.54, 1.807) is 13.8 Å². The normalized spacial score (nSPS) is 17.1. The Morgan fingerprint density at radius 3 is 2.53 bits per heavy atom. The Bertz CT molecular complexity index is 205. The number of likely N-dealkylation sites (tertiary alicyclic amines) is 1. The van der Waals surface area contributed by atoms with E-state index in [0.29, 0.717) is 19.5 Å². The van der Waals surface area contributed by atoms with Gasteiger partial charge < -0.3 is 15.3 Å². The van der Waals surface area contributed by atoms with Crippen molar-refractivity contribution in [2.45, 2.75) is 38.7 Å². The summed E-state index contributed by atoms with van der Waals surface area (Å²) in [4.78, 5) is 13.5. The first kappa shape index (κ1) is 12.5. The van der Waals surface area contributed by atoms with Crippen molar-refractivity contribution < 1.29 is 9.90 Å². The van der Waals surface area contributed by atoms with Crippen molar-refractivity contribution in [2.75, 3.05) is 26.2 Å². The van der Waals surface area contributed by atoms with Gasteiger partial charge >= 0.3 is 0 Å². The van der Waals surface area contributed by atoms with E-state index in [1.807, 2.05) is 4.90 Å². The number of nitrogens with zero attached hydrogens (tertiary/aromatic N) is 1. The fourth-order valence-corrected chi connectivity index (χ4v) is 1.67. The molecule has 1 amide bonds. The van der Waals surface area contributed by atoms with Crippen LogP contribution < -0.4 is 5.32 Å². The number of carbonyl (C=O) groups is 1. The Morgan fingerprint density at radius 1 is 1.40 bits per heavy atom. The zero-order valence-electron chi connectivity index (χ0n) is 9.75. The van der Waals surface area contributed by atoms with E-state index in [1.165, 1.54) is 0 Å². The molecular formula is C11H22N2O2. The highest BCUT2D eigenvalue weighted by Gasteiger charge is 2.17. The van der Waals surface area contributed by atoms with Crippen LogP contribution in [0.3, 0.4) is 0 Å². The zero-order chi connectivity index (χ0) is 11.3. The third kappa shape index (κ3) is 5.14. The van der Waals surface area contributed by atoms with Crippen LogP contribution in [0.4, 0.5) is 0 Å². The van der Waals surface area contributed by atoms with Gasteiger partial charge in [-0.3, -0.25) is 4.79 Å². The highest BCUT2D eigenvalue weighted by Crippen LogP contribution is 2.07. The Morgan fingerprint density at radius 2 is 2.00 bits per heavy atom. The molecule has 88 valence electrons. The van der Waals surface area contributed by atoms with Gasteiger partial charge in [0, 0.05) is 13.1 Å². The van der Waals surface area contributed by atoms with Gasteiger partial charge in [0.15, 0.2) is 0 Å². The molecule has 0 spiro atoms. The average Bonchev–Trinajstić information content (AvgIpc) is 2.63. The lowest BCUT2D eigenvalue weighted by Crippen LogP contribution is -2.37. The molecule has 0 aliphatic carbocycles. The molecule has 0 radical (unpaired) electrons. The average molecular weight is 214 g/mol. The maximum atomic E-state index is 11.6. The van der Waals surface area contributed by atoms with Gasteiger partial charge in [0.1, 0.15) is 0 Å². The van der Waals surface area contributed by atoms with Crippen LogP contribution in [0.5, 0.6) is 0 Å². The second kappa shape index (κ2) is 5.47. The van der Waals surface area contributed by atoms with Crippen molar-refractivity contribution in [3.63, 3.8) is 0 Å². The van der Waals surface area contributed by atoms with Crippen LogP contribution >= 0.6 is 0 Å². The van der Waals surface area contributed by atoms with E-state index in [4.69, 9.17) is 0 Å². The van der Waals surface area contributed by atoms with E-state index in [9.17, 15) is 9.90 Å². The predicted octanol–water partition coefficient (Wildman–Crippen LogP) is 0.359. The predicted molar refractivity (Wildman–Crippen MR) is 59.6 cm³/mol. The minimum absolute atomic E-state index is 0.184. The quantitative estimate of drug-likeness (QED) is 0.650. The van der Waals surface area contributed by atoms with Crippen LogP contribution in [0.25, 0.3) is 0 Å². The molecule has 0 unspecified atom stereocenters. The molecule has 0 saturated carbocycles. The summed E-state index contributed by atoms with van der Waals surface area (Å²) in [6, 6.07) is 0. The lowest BCUT2D eigenvalue weighted by atomic mass is 10.1. The Balaban J connectivity index is 2.07. The number of carbonyl (C=O) groups excluding carboxylic acids is 1. The second-order valence-corrected chi connectivity index (χ2v) is 4.83. The summed E-state index contributed by atoms with van der Waals surface area (Å²) in [5.41, 5.74) is -0.649. The third-order valence-corrected chi connectivity index (χ3v) is 2.65. The van der Waals surface area contributed by atoms with Crippen molar-refractivity contribution in [3.05, 3.63) is 0 Å². The van der Waals surface area contributed by atoms with Gasteiger partial charge in [-0.15, -0.1) is 0 Å². The molecule has 0 bridgehead atoms. The van der Waals surface area contributed by atoms with Gasteiger partial charge in [-0.1, -0.05) is 0 Å². The van der Waals surface area contributed by atoms with Crippen molar-refractivity contribution in [1.82, 2.24) is 10.2 Å². The molecule has 4 heteroatoms. The molecule has 1 fully saturated rings. The van der Waals surface area contributed by atoms with Gasteiger partial charge in [-0.05, 0) is 39.7 Å². The highest BCUT2D eigenvalue weighted by molar-refractivity contribution is 5.78. The molecule has 1 aliphatic rings. The van der Waals surface area contributed by atoms with E-state index in [-0.39, 0.29) is 5.91 Å². The first-order valence-corrected chi connectivity index (χ1v) is 5.70. The minimum Gasteiger partial charge on any atom is -0.390 e. The van der Waals surface area contributed by atoms with Crippen molar-refractivity contribution in [1.29, 1.82) is 0 Å². The molecule has 1 saturated heterocycles. The van der Waals surface area contributed by atoms with Crippen LogP contribution in [-0.2, 0) is 4.79 Å². The van der Waals surface area contributed by atoms with Gasteiger partial charge in [0.25, 0.3) is 0 Å². The maximum Gasteiger partial charge on any atom is 0.236 e. The number of rotatable bonds is 5. The number of nitrogens with one attached hydrogen (secondary N) is 1. The molecule has 0 aromatic heterocycles. The molecule has 1 aliphatic heterocycles. The lowest BCUT2D eigenvalue weighted by molar-refractivity contribution is -0.129. The van der Waals surface area contributed by atoms with Crippen LogP contribution in [0, 0.1) is 0 Å². The van der Waals surface area contributed by atoms with E-state index < -0.39 is 5.60 Å². The molecular weight excluding hydrogens is 192 g/mol. The van der Waals surface area contributed by atoms with Crippen molar-refractivity contribution >= 4 is 5.91 Å². The Hall–Kier alpha value is -0.610. The molecule has 1 rings (SSSR count). The molecule has 15 heavy (non-hydrogen) atoms. The van der Waals surface area contributed by atoms with Gasteiger partial charge in [0.2, 0.25) is 5.91 Å². The summed E-state index contributed by atoms with van der Waals surface area (Å²) in [6.07, 6.45) is 2.94. The summed E-state index contributed by atoms with van der Waals surface area (Å²) in [7, 11) is 0. The topological polar surface area (TPSA) is 52.6 Å². The number of amides is 1. The number of hydrogen-bond donors (Lipinski definition) is 2. The SMILES string of the molecule is CC(C)(O)CCNCC(=O)N1CCCC1. The molecule has 0 aromatic rings. The summed E-state index contributed by atoms with van der Waals surface area (Å²) in [5, 5.41) is 12.5. The lowest BCUT2D eigenvalue weighted by Gasteiger charge is -2.18. The van der Waals surface area contributed by atoms with E-state index >= 15 is 0 Å². The van der Waals surface area contributed by atoms with Crippen LogP contribution in [0.1, 0.15) is 33.1 Å². The summed E-state index contributed by atoms with van der Waals surface area (Å²) in [6.45, 7) is 6.45. The third-order valence-electron chi connectivity index (χ3n) is 2.65. The van der Waals surface area contributed by atoms with Crippen LogP contribution in [0.15, 0.2) is 0 Å². The van der Waals surface area contributed by atoms with Crippen molar-refractivity contribution in [2.24, 2.45) is 0 Å². The summed E-state index contributed by atoms with van der Waals surface area (Å²) >= 11 is 0. The second-order valence-electron chi connectivity index (χ2n) is 4.83. The fraction of sp³-hybridized carbons (Fsp3) is 0.909. The smallest absolute Gasteiger partial charge is 0.236 e. The van der Waals surface area contributed by atoms with Crippen molar-refractivity contribution in [3.8, 4) is 0 Å². The molecule has 1 heterocycles. The Kier molecular flexibility index (Phi) is 4.54. The van der Waals surface area contributed by atoms with E-state index in [0.717, 1.165) is 25.9 Å². The highest BCUT2D eigenvalue weighted by atomic mass is 16.3. The summed E-state index contributed by atoms with van der Waals surface area (Å²) in [5.74, 6) is 0.184. The summed E-state index contributed by atoms with van der Waals surface area (Å²) < 4.78 is 0. The number of hydrogen-bond acceptors (Lipinski definition) is 3. The molecule has 2 N–H and O–H groups in total. The van der Waals surface area contributed by atoms with Gasteiger partial charge in [-0.2, -0.15) is 0 Å². The molecule has 0 atom stereocenters. The zero-order valence-corrected chi connectivity index (χ0v) is 9.75. The number of aliphatic hydroxyl groups is 1. The van der Waals surface area contributed by atoms with E-state index in [2.05, 4.69) is 5.32 Å². The minimum atomic E-state index is -0.649. The van der Waals surface area contributed by atoms with Crippen LogP contribution in [-0.4, -0.2) is 47.7 Å². The maximum absolute atomic E-state index is 11.6. The molecule has 0 aromatic carbocycles. The monoisotopic (exact) mass is 214 g/mol. The largest absolute Gasteiger partial charge is 0.390 e. The van der Waals surface area contributed by atoms with Gasteiger partial charge in [-0.25, -0.2) is 0 Å². The first-order valence-electron chi connectivity index (χ1n) is 5.70. The van der Waals surface area contributed by atoms with Crippen LogP contribution in [0.2, 0.25) is 0 Å². The van der Waals surface area contributed by atoms with Gasteiger partial charge in [0.05, 0.1) is 12.1 Å².